The molecule has 35 heavy (non-hydrogen) atoms. The first-order valence-corrected chi connectivity index (χ1v) is 12.8. The van der Waals surface area contributed by atoms with E-state index < -0.39 is 18.0 Å². The number of ether oxygens (including phenoxy) is 1. The number of fused-ring (bicyclic) bond motifs is 1. The molecule has 8 heteroatoms. The first-order chi connectivity index (χ1) is 17.0. The SMILES string of the molecule is COc1ccc2nccc(C(O)CC[C@@H]3CCN(CCC(=O)N4CCCCC4)C[C@@H]3C(=O)O)c2c1. The number of methoxy groups -OCH3 is 1. The Kier molecular flexibility index (Phi) is 8.57. The van der Waals surface area contributed by atoms with Crippen LogP contribution in [0.15, 0.2) is 30.5 Å². The fourth-order valence-electron chi connectivity index (χ4n) is 5.54. The van der Waals surface area contributed by atoms with Crippen molar-refractivity contribution in [1.82, 2.24) is 14.8 Å². The molecule has 1 aromatic heterocycles. The number of amides is 1. The molecule has 190 valence electrons. The molecule has 0 saturated carbocycles. The van der Waals surface area contributed by atoms with E-state index in [0.29, 0.717) is 38.1 Å². The van der Waals surface area contributed by atoms with Crippen molar-refractivity contribution >= 4 is 22.8 Å². The van der Waals surface area contributed by atoms with E-state index in [-0.39, 0.29) is 11.8 Å². The molecule has 2 aliphatic heterocycles. The molecule has 1 unspecified atom stereocenters. The summed E-state index contributed by atoms with van der Waals surface area (Å²) < 4.78 is 5.33. The Morgan fingerprint density at radius 3 is 2.71 bits per heavy atom. The van der Waals surface area contributed by atoms with Crippen LogP contribution in [0, 0.1) is 11.8 Å². The summed E-state index contributed by atoms with van der Waals surface area (Å²) in [5.41, 5.74) is 1.58. The lowest BCUT2D eigenvalue weighted by Crippen LogP contribution is -2.45. The third-order valence-corrected chi connectivity index (χ3v) is 7.66. The molecule has 2 aliphatic rings. The molecular formula is C27H37N3O5. The zero-order chi connectivity index (χ0) is 24.8. The molecule has 2 fully saturated rings. The lowest BCUT2D eigenvalue weighted by atomic mass is 9.81. The Balaban J connectivity index is 1.33. The number of carboxylic acid groups (broad SMARTS) is 1. The van der Waals surface area contributed by atoms with E-state index in [1.165, 1.54) is 6.42 Å². The van der Waals surface area contributed by atoms with Crippen LogP contribution in [0.4, 0.5) is 0 Å². The number of rotatable bonds is 9. The van der Waals surface area contributed by atoms with Crippen LogP contribution in [-0.4, -0.2) is 76.7 Å². The first kappa shape index (κ1) is 25.4. The summed E-state index contributed by atoms with van der Waals surface area (Å²) in [6.07, 6.45) is 6.66. The Labute approximate surface area is 206 Å². The minimum absolute atomic E-state index is 0.00108. The number of carbonyl (C=O) groups excluding carboxylic acids is 1. The van der Waals surface area contributed by atoms with Gasteiger partial charge in [-0.05, 0) is 80.8 Å². The Hall–Kier alpha value is -2.71. The largest absolute Gasteiger partial charge is 0.497 e. The van der Waals surface area contributed by atoms with Crippen molar-refractivity contribution in [3.05, 3.63) is 36.0 Å². The number of hydrogen-bond donors (Lipinski definition) is 2. The van der Waals surface area contributed by atoms with Crippen LogP contribution in [0.1, 0.15) is 56.6 Å². The predicted molar refractivity (Wildman–Crippen MR) is 133 cm³/mol. The van der Waals surface area contributed by atoms with Gasteiger partial charge in [-0.3, -0.25) is 14.6 Å². The quantitative estimate of drug-likeness (QED) is 0.563. The van der Waals surface area contributed by atoms with Gasteiger partial charge in [0.05, 0.1) is 24.6 Å². The average molecular weight is 484 g/mol. The van der Waals surface area contributed by atoms with E-state index in [9.17, 15) is 19.8 Å². The van der Waals surface area contributed by atoms with Gasteiger partial charge in [0.25, 0.3) is 0 Å². The zero-order valence-electron chi connectivity index (χ0n) is 20.6. The number of aliphatic hydroxyl groups is 1. The van der Waals surface area contributed by atoms with Crippen LogP contribution in [0.5, 0.6) is 5.75 Å². The standard InChI is InChI=1S/C27H37N3O5/c1-35-20-6-7-24-22(17-20)21(9-12-28-24)25(31)8-5-19-10-15-29(18-23(19)27(33)34)16-11-26(32)30-13-3-2-4-14-30/h6-7,9,12,17,19,23,25,31H,2-5,8,10-11,13-16,18H2,1H3,(H,33,34)/t19-,23+,25?/m1/s1. The number of pyridine rings is 1. The van der Waals surface area contributed by atoms with Crippen LogP contribution in [0.2, 0.25) is 0 Å². The average Bonchev–Trinajstić information content (AvgIpc) is 2.90. The number of nitrogens with zero attached hydrogens (tertiary/aromatic N) is 3. The molecule has 0 radical (unpaired) electrons. The Bertz CT molecular complexity index is 1020. The molecule has 0 bridgehead atoms. The van der Waals surface area contributed by atoms with Gasteiger partial charge in [0, 0.05) is 44.2 Å². The lowest BCUT2D eigenvalue weighted by molar-refractivity contribution is -0.146. The molecule has 2 saturated heterocycles. The maximum absolute atomic E-state index is 12.5. The van der Waals surface area contributed by atoms with Crippen molar-refractivity contribution in [1.29, 1.82) is 0 Å². The lowest BCUT2D eigenvalue weighted by Gasteiger charge is -2.37. The molecular weight excluding hydrogens is 446 g/mol. The smallest absolute Gasteiger partial charge is 0.308 e. The summed E-state index contributed by atoms with van der Waals surface area (Å²) in [4.78, 5) is 33.0. The van der Waals surface area contributed by atoms with Gasteiger partial charge in [0.15, 0.2) is 0 Å². The molecule has 1 amide bonds. The normalized spacial score (nSPS) is 22.2. The Morgan fingerprint density at radius 2 is 1.97 bits per heavy atom. The van der Waals surface area contributed by atoms with Crippen molar-refractivity contribution in [3.8, 4) is 5.75 Å². The van der Waals surface area contributed by atoms with Gasteiger partial charge >= 0.3 is 5.97 Å². The number of aliphatic hydroxyl groups excluding tert-OH is 1. The third kappa shape index (κ3) is 6.30. The molecule has 3 heterocycles. The summed E-state index contributed by atoms with van der Waals surface area (Å²) in [7, 11) is 1.61. The van der Waals surface area contributed by atoms with E-state index in [0.717, 1.165) is 55.4 Å². The predicted octanol–water partition coefficient (Wildman–Crippen LogP) is 3.48. The van der Waals surface area contributed by atoms with E-state index in [4.69, 9.17) is 4.74 Å². The van der Waals surface area contributed by atoms with Gasteiger partial charge in [-0.1, -0.05) is 0 Å². The third-order valence-electron chi connectivity index (χ3n) is 7.66. The molecule has 0 spiro atoms. The number of hydrogen-bond acceptors (Lipinski definition) is 6. The van der Waals surface area contributed by atoms with Gasteiger partial charge in [-0.15, -0.1) is 0 Å². The van der Waals surface area contributed by atoms with E-state index >= 15 is 0 Å². The number of aromatic nitrogens is 1. The topological polar surface area (TPSA) is 103 Å². The maximum Gasteiger partial charge on any atom is 0.308 e. The van der Waals surface area contributed by atoms with Crippen LogP contribution >= 0.6 is 0 Å². The van der Waals surface area contributed by atoms with Crippen molar-refractivity contribution in [3.63, 3.8) is 0 Å². The van der Waals surface area contributed by atoms with Crippen LogP contribution in [0.25, 0.3) is 10.9 Å². The highest BCUT2D eigenvalue weighted by Gasteiger charge is 2.34. The van der Waals surface area contributed by atoms with Crippen molar-refractivity contribution in [2.75, 3.05) is 39.8 Å². The molecule has 3 atom stereocenters. The molecule has 2 aromatic rings. The van der Waals surface area contributed by atoms with Crippen LogP contribution < -0.4 is 4.74 Å². The second-order valence-corrected chi connectivity index (χ2v) is 9.86. The molecule has 0 aliphatic carbocycles. The number of piperidine rings is 2. The highest BCUT2D eigenvalue weighted by atomic mass is 16.5. The fraction of sp³-hybridized carbons (Fsp3) is 0.593. The second kappa shape index (κ2) is 11.8. The Morgan fingerprint density at radius 1 is 1.17 bits per heavy atom. The van der Waals surface area contributed by atoms with Gasteiger partial charge in [0.2, 0.25) is 5.91 Å². The molecule has 1 aromatic carbocycles. The summed E-state index contributed by atoms with van der Waals surface area (Å²) in [5.74, 6) is -0.399. The van der Waals surface area contributed by atoms with Gasteiger partial charge in [0.1, 0.15) is 5.75 Å². The minimum atomic E-state index is -0.796. The monoisotopic (exact) mass is 483 g/mol. The van der Waals surface area contributed by atoms with Crippen molar-refractivity contribution < 1.29 is 24.5 Å². The summed E-state index contributed by atoms with van der Waals surface area (Å²) in [5, 5.41) is 21.7. The summed E-state index contributed by atoms with van der Waals surface area (Å²) >= 11 is 0. The minimum Gasteiger partial charge on any atom is -0.497 e. The van der Waals surface area contributed by atoms with Crippen molar-refractivity contribution in [2.45, 2.75) is 51.0 Å². The second-order valence-electron chi connectivity index (χ2n) is 9.86. The fourth-order valence-corrected chi connectivity index (χ4v) is 5.54. The zero-order valence-corrected chi connectivity index (χ0v) is 20.6. The van der Waals surface area contributed by atoms with Crippen LogP contribution in [0.3, 0.4) is 0 Å². The molecule has 4 rings (SSSR count). The molecule has 2 N–H and O–H groups in total. The number of carbonyl (C=O) groups is 2. The number of benzene rings is 1. The first-order valence-electron chi connectivity index (χ1n) is 12.8. The van der Waals surface area contributed by atoms with Crippen LogP contribution in [-0.2, 0) is 9.59 Å². The van der Waals surface area contributed by atoms with E-state index in [1.54, 1.807) is 13.3 Å². The number of aliphatic carboxylic acids is 1. The summed E-state index contributed by atoms with van der Waals surface area (Å²) in [6.45, 7) is 3.55. The van der Waals surface area contributed by atoms with Crippen molar-refractivity contribution in [2.24, 2.45) is 11.8 Å². The maximum atomic E-state index is 12.5. The molecule has 8 nitrogen and oxygen atoms in total. The van der Waals surface area contributed by atoms with Gasteiger partial charge in [-0.25, -0.2) is 0 Å². The number of carboxylic acids is 1. The summed E-state index contributed by atoms with van der Waals surface area (Å²) in [6, 6.07) is 7.42. The highest BCUT2D eigenvalue weighted by Crippen LogP contribution is 2.33. The number of likely N-dealkylation sites (tertiary alicyclic amines) is 2. The van der Waals surface area contributed by atoms with Gasteiger partial charge < -0.3 is 24.7 Å². The highest BCUT2D eigenvalue weighted by molar-refractivity contribution is 5.83. The van der Waals surface area contributed by atoms with E-state index in [1.807, 2.05) is 29.2 Å². The van der Waals surface area contributed by atoms with E-state index in [2.05, 4.69) is 9.88 Å². The van der Waals surface area contributed by atoms with Gasteiger partial charge in [-0.2, -0.15) is 0 Å².